The van der Waals surface area contributed by atoms with E-state index in [0.29, 0.717) is 6.04 Å². The van der Waals surface area contributed by atoms with E-state index < -0.39 is 15.4 Å². The zero-order valence-corrected chi connectivity index (χ0v) is 8.81. The number of hydrogen-bond donors (Lipinski definition) is 2. The minimum absolute atomic E-state index is 0.153. The first kappa shape index (κ1) is 10.9. The van der Waals surface area contributed by atoms with E-state index in [4.69, 9.17) is 11.5 Å². The maximum atomic E-state index is 10.4. The van der Waals surface area contributed by atoms with Crippen molar-refractivity contribution in [3.05, 3.63) is 0 Å². The van der Waals surface area contributed by atoms with E-state index in [0.717, 1.165) is 0 Å². The lowest BCUT2D eigenvalue weighted by atomic mass is 9.95. The molecule has 1 heterocycles. The van der Waals surface area contributed by atoms with Crippen LogP contribution in [0.1, 0.15) is 26.2 Å². The molecule has 0 unspecified atom stereocenters. The summed E-state index contributed by atoms with van der Waals surface area (Å²) < 4.78 is 20.8. The topological polar surface area (TPSA) is 86.2 Å². The third-order valence-corrected chi connectivity index (χ3v) is 4.45. The Morgan fingerprint density at radius 2 is 1.69 bits per heavy atom. The highest BCUT2D eigenvalue weighted by Gasteiger charge is 2.40. The van der Waals surface area contributed by atoms with Crippen LogP contribution in [0.25, 0.3) is 0 Å². The summed E-state index contributed by atoms with van der Waals surface area (Å²) in [6, 6.07) is 0.565. The highest BCUT2D eigenvalue weighted by atomic mass is 32.2. The highest BCUT2D eigenvalue weighted by molar-refractivity contribution is 7.93. The molecule has 1 saturated heterocycles. The van der Waals surface area contributed by atoms with Gasteiger partial charge in [0, 0.05) is 11.6 Å². The number of sulfone groups is 1. The van der Waals surface area contributed by atoms with E-state index in [-0.39, 0.29) is 11.5 Å². The van der Waals surface area contributed by atoms with Crippen LogP contribution < -0.4 is 11.5 Å². The van der Waals surface area contributed by atoms with Gasteiger partial charge in [-0.1, -0.05) is 6.42 Å². The summed E-state index contributed by atoms with van der Waals surface area (Å²) in [5, 5.41) is 0. The van der Waals surface area contributed by atoms with Crippen molar-refractivity contribution in [2.75, 3.05) is 11.5 Å². The second-order valence-electron chi connectivity index (χ2n) is 4.38. The van der Waals surface area contributed by atoms with Gasteiger partial charge in [-0.15, -0.1) is 0 Å². The van der Waals surface area contributed by atoms with Crippen molar-refractivity contribution >= 4 is 9.84 Å². The van der Waals surface area contributed by atoms with Crippen LogP contribution in [0.5, 0.6) is 0 Å². The van der Waals surface area contributed by atoms with Crippen LogP contribution in [-0.4, -0.2) is 31.5 Å². The summed E-state index contributed by atoms with van der Waals surface area (Å²) in [6.07, 6.45) is 3.89. The van der Waals surface area contributed by atoms with Gasteiger partial charge in [-0.25, -0.2) is 8.42 Å². The zero-order chi connectivity index (χ0) is 10.1. The van der Waals surface area contributed by atoms with Crippen molar-refractivity contribution < 1.29 is 8.42 Å². The molecule has 1 saturated carbocycles. The van der Waals surface area contributed by atoms with Gasteiger partial charge in [-0.2, -0.15) is 0 Å². The van der Waals surface area contributed by atoms with Crippen molar-refractivity contribution in [2.45, 2.75) is 37.8 Å². The molecule has 0 aromatic carbocycles. The van der Waals surface area contributed by atoms with E-state index in [9.17, 15) is 8.42 Å². The van der Waals surface area contributed by atoms with Crippen molar-refractivity contribution in [2.24, 2.45) is 11.5 Å². The number of hydrogen-bond acceptors (Lipinski definition) is 4. The van der Waals surface area contributed by atoms with Gasteiger partial charge in [0.25, 0.3) is 0 Å². The Hall–Kier alpha value is -0.130. The van der Waals surface area contributed by atoms with Gasteiger partial charge in [0.1, 0.15) is 0 Å². The van der Waals surface area contributed by atoms with Crippen molar-refractivity contribution in [1.29, 1.82) is 0 Å². The molecule has 0 spiro atoms. The van der Waals surface area contributed by atoms with Crippen molar-refractivity contribution in [1.82, 2.24) is 0 Å². The molecular formula is C8H18N2O2S. The van der Waals surface area contributed by atoms with Crippen molar-refractivity contribution in [3.63, 3.8) is 0 Å². The van der Waals surface area contributed by atoms with Crippen LogP contribution in [0.4, 0.5) is 0 Å². The minimum atomic E-state index is -2.71. The average Bonchev–Trinajstić information content (AvgIpc) is 1.77. The molecule has 2 fully saturated rings. The Kier molecular flexibility index (Phi) is 2.99. The highest BCUT2D eigenvalue weighted by Crippen LogP contribution is 2.18. The lowest BCUT2D eigenvalue weighted by Gasteiger charge is -2.33. The number of nitrogens with two attached hydrogens (primary N) is 2. The molecule has 1 aliphatic carbocycles. The van der Waals surface area contributed by atoms with Gasteiger partial charge in [0.05, 0.1) is 11.5 Å². The smallest absolute Gasteiger partial charge is 0.153 e. The molecule has 1 aliphatic heterocycles. The molecule has 78 valence electrons. The molecule has 0 radical (unpaired) electrons. The first-order valence-electron chi connectivity index (χ1n) is 4.56. The van der Waals surface area contributed by atoms with Crippen LogP contribution in [0.3, 0.4) is 0 Å². The Balaban J connectivity index is 0.000000145. The molecule has 4 N–H and O–H groups in total. The Labute approximate surface area is 79.6 Å². The fraction of sp³-hybridized carbons (Fsp3) is 1.00. The Bertz CT molecular complexity index is 254. The van der Waals surface area contributed by atoms with E-state index in [1.54, 1.807) is 6.92 Å². The van der Waals surface area contributed by atoms with Gasteiger partial charge in [0.15, 0.2) is 9.84 Å². The zero-order valence-electron chi connectivity index (χ0n) is 7.99. The third kappa shape index (κ3) is 3.62. The van der Waals surface area contributed by atoms with Gasteiger partial charge < -0.3 is 11.5 Å². The normalized spacial score (nSPS) is 29.2. The van der Waals surface area contributed by atoms with Gasteiger partial charge in [-0.05, 0) is 19.8 Å². The molecule has 0 amide bonds. The molecule has 2 rings (SSSR count). The summed E-state index contributed by atoms with van der Waals surface area (Å²) in [7, 11) is -2.71. The summed E-state index contributed by atoms with van der Waals surface area (Å²) in [5.41, 5.74) is 10.4. The van der Waals surface area contributed by atoms with Gasteiger partial charge in [-0.3, -0.25) is 0 Å². The quantitative estimate of drug-likeness (QED) is 0.566. The molecule has 4 nitrogen and oxygen atoms in total. The molecular weight excluding hydrogens is 188 g/mol. The van der Waals surface area contributed by atoms with Crippen LogP contribution in [-0.2, 0) is 9.84 Å². The minimum Gasteiger partial charge on any atom is -0.328 e. The summed E-state index contributed by atoms with van der Waals surface area (Å²) in [6.45, 7) is 1.74. The van der Waals surface area contributed by atoms with Crippen LogP contribution in [0, 0.1) is 0 Å². The second-order valence-corrected chi connectivity index (χ2v) is 6.44. The molecule has 0 aromatic rings. The van der Waals surface area contributed by atoms with Gasteiger partial charge >= 0.3 is 0 Å². The largest absolute Gasteiger partial charge is 0.328 e. The second kappa shape index (κ2) is 3.55. The maximum Gasteiger partial charge on any atom is 0.153 e. The predicted molar refractivity (Wildman–Crippen MR) is 53.1 cm³/mol. The van der Waals surface area contributed by atoms with Crippen molar-refractivity contribution in [3.8, 4) is 0 Å². The maximum absolute atomic E-state index is 10.4. The lowest BCUT2D eigenvalue weighted by Crippen LogP contribution is -2.59. The predicted octanol–water partition coefficient (Wildman–Crippen LogP) is -0.370. The van der Waals surface area contributed by atoms with Crippen LogP contribution >= 0.6 is 0 Å². The first-order chi connectivity index (χ1) is 5.81. The Morgan fingerprint density at radius 3 is 1.69 bits per heavy atom. The van der Waals surface area contributed by atoms with E-state index in [2.05, 4.69) is 0 Å². The molecule has 5 heteroatoms. The summed E-state index contributed by atoms with van der Waals surface area (Å²) in [4.78, 5) is 0. The lowest BCUT2D eigenvalue weighted by molar-refractivity contribution is 0.418. The standard InChI is InChI=1S/C4H9NO2S.C4H9N/c1-4(5)2-8(6,7)3-4;5-4-2-1-3-4/h2-3,5H2,1H3;4H,1-3,5H2. The number of rotatable bonds is 0. The molecule has 2 aliphatic rings. The first-order valence-corrected chi connectivity index (χ1v) is 6.38. The van der Waals surface area contributed by atoms with E-state index >= 15 is 0 Å². The third-order valence-electron chi connectivity index (χ3n) is 2.25. The summed E-state index contributed by atoms with van der Waals surface area (Å²) >= 11 is 0. The average molecular weight is 206 g/mol. The summed E-state index contributed by atoms with van der Waals surface area (Å²) in [5.74, 6) is 0.306. The molecule has 0 bridgehead atoms. The molecule has 0 aromatic heterocycles. The fourth-order valence-corrected chi connectivity index (χ4v) is 3.33. The monoisotopic (exact) mass is 206 g/mol. The van der Waals surface area contributed by atoms with E-state index in [1.165, 1.54) is 19.3 Å². The molecule has 0 atom stereocenters. The van der Waals surface area contributed by atoms with Gasteiger partial charge in [0.2, 0.25) is 0 Å². The van der Waals surface area contributed by atoms with E-state index in [1.807, 2.05) is 0 Å². The van der Waals surface area contributed by atoms with Crippen LogP contribution in [0.2, 0.25) is 0 Å². The Morgan fingerprint density at radius 1 is 1.31 bits per heavy atom. The molecule has 13 heavy (non-hydrogen) atoms. The fourth-order valence-electron chi connectivity index (χ4n) is 1.40. The SMILES string of the molecule is CC1(N)CS(=O)(=O)C1.NC1CCC1. The van der Waals surface area contributed by atoms with Crippen LogP contribution in [0.15, 0.2) is 0 Å².